The number of carbonyl (C=O) groups excluding carboxylic acids is 2. The van der Waals surface area contributed by atoms with Crippen molar-refractivity contribution >= 4 is 12.1 Å². The molecule has 0 bridgehead atoms. The Morgan fingerprint density at radius 2 is 1.93 bits per heavy atom. The van der Waals surface area contributed by atoms with Gasteiger partial charge >= 0.3 is 12.1 Å². The van der Waals surface area contributed by atoms with Crippen molar-refractivity contribution in [3.05, 3.63) is 29.8 Å². The lowest BCUT2D eigenvalue weighted by molar-refractivity contribution is -0.153. The highest BCUT2D eigenvalue weighted by Gasteiger charge is 2.39. The molecule has 2 heterocycles. The predicted octanol–water partition coefficient (Wildman–Crippen LogP) is 2.69. The van der Waals surface area contributed by atoms with E-state index in [4.69, 9.17) is 9.47 Å². The number of esters is 1. The number of piperidine rings is 1. The third-order valence-electron chi connectivity index (χ3n) is 4.60. The quantitative estimate of drug-likeness (QED) is 0.636. The number of nitrogens with zero attached hydrogens (tertiary/aromatic N) is 2. The zero-order chi connectivity index (χ0) is 20.2. The molecule has 1 fully saturated rings. The number of aromatic nitrogens is 1. The van der Waals surface area contributed by atoms with Crippen molar-refractivity contribution in [3.8, 4) is 0 Å². The number of pyridine rings is 1. The molecule has 0 aliphatic carbocycles. The molecule has 0 saturated carbocycles. The van der Waals surface area contributed by atoms with Crippen LogP contribution in [-0.2, 0) is 14.3 Å². The number of methoxy groups -OCH3 is 1. The van der Waals surface area contributed by atoms with E-state index in [1.54, 1.807) is 25.7 Å². The molecule has 0 radical (unpaired) electrons. The summed E-state index contributed by atoms with van der Waals surface area (Å²) >= 11 is 0. The zero-order valence-corrected chi connectivity index (χ0v) is 16.1. The third kappa shape index (κ3) is 5.63. The Labute approximate surface area is 158 Å². The average molecular weight is 382 g/mol. The van der Waals surface area contributed by atoms with E-state index in [1.165, 1.54) is 19.4 Å². The molecular formula is C19H27FN2O5. The minimum absolute atomic E-state index is 0.184. The first kappa shape index (κ1) is 21.1. The van der Waals surface area contributed by atoms with E-state index in [0.717, 1.165) is 6.07 Å². The highest BCUT2D eigenvalue weighted by atomic mass is 19.1. The number of aliphatic hydroxyl groups is 1. The lowest BCUT2D eigenvalue weighted by atomic mass is 9.79. The molecule has 7 nitrogen and oxygen atoms in total. The number of carbonyl (C=O) groups is 2. The molecule has 1 aliphatic rings. The second-order valence-corrected chi connectivity index (χ2v) is 7.71. The van der Waals surface area contributed by atoms with Gasteiger partial charge in [-0.15, -0.1) is 0 Å². The van der Waals surface area contributed by atoms with Gasteiger partial charge in [0.15, 0.2) is 0 Å². The van der Waals surface area contributed by atoms with Crippen LogP contribution in [-0.4, -0.2) is 52.9 Å². The van der Waals surface area contributed by atoms with Crippen LogP contribution in [0.1, 0.15) is 45.3 Å². The minimum atomic E-state index is -1.16. The van der Waals surface area contributed by atoms with Crippen LogP contribution in [0.3, 0.4) is 0 Å². The molecule has 1 amide bonds. The maximum atomic E-state index is 13.0. The number of ether oxygens (including phenoxy) is 2. The highest BCUT2D eigenvalue weighted by Crippen LogP contribution is 2.35. The van der Waals surface area contributed by atoms with Crippen LogP contribution in [0.4, 0.5) is 9.18 Å². The monoisotopic (exact) mass is 382 g/mol. The molecule has 150 valence electrons. The molecule has 1 aromatic rings. The third-order valence-corrected chi connectivity index (χ3v) is 4.60. The summed E-state index contributed by atoms with van der Waals surface area (Å²) in [5.74, 6) is -2.20. The first-order valence-corrected chi connectivity index (χ1v) is 8.97. The number of rotatable bonds is 4. The molecule has 1 aromatic heterocycles. The van der Waals surface area contributed by atoms with E-state index < -0.39 is 29.5 Å². The van der Waals surface area contributed by atoms with Gasteiger partial charge in [0, 0.05) is 19.3 Å². The molecule has 1 saturated heterocycles. The van der Waals surface area contributed by atoms with Gasteiger partial charge in [-0.05, 0) is 51.2 Å². The van der Waals surface area contributed by atoms with E-state index >= 15 is 0 Å². The Morgan fingerprint density at radius 3 is 2.41 bits per heavy atom. The fraction of sp³-hybridized carbons (Fsp3) is 0.632. The van der Waals surface area contributed by atoms with Crippen LogP contribution < -0.4 is 0 Å². The van der Waals surface area contributed by atoms with Crippen LogP contribution >= 0.6 is 0 Å². The summed E-state index contributed by atoms with van der Waals surface area (Å²) in [6, 6.07) is 2.54. The average Bonchev–Trinajstić information content (AvgIpc) is 2.61. The zero-order valence-electron chi connectivity index (χ0n) is 16.1. The standard InChI is InChI=1S/C19H27FN2O5/c1-19(2,3)27-18(25)22-9-7-12(8-10-22)15(17(24)26-4)16(23)13-5-6-14(20)21-11-13/h5-6,11-12,15-16,23H,7-10H2,1-4H3. The van der Waals surface area contributed by atoms with Gasteiger partial charge in [-0.2, -0.15) is 4.39 Å². The largest absolute Gasteiger partial charge is 0.469 e. The van der Waals surface area contributed by atoms with Gasteiger partial charge < -0.3 is 19.5 Å². The normalized spacial score (nSPS) is 17.9. The number of amides is 1. The van der Waals surface area contributed by atoms with E-state index in [1.807, 2.05) is 0 Å². The van der Waals surface area contributed by atoms with Crippen molar-refractivity contribution in [1.82, 2.24) is 9.88 Å². The summed E-state index contributed by atoms with van der Waals surface area (Å²) in [4.78, 5) is 29.6. The highest BCUT2D eigenvalue weighted by molar-refractivity contribution is 5.74. The summed E-state index contributed by atoms with van der Waals surface area (Å²) < 4.78 is 23.3. The number of likely N-dealkylation sites (tertiary alicyclic amines) is 1. The topological polar surface area (TPSA) is 89.0 Å². The van der Waals surface area contributed by atoms with Crippen molar-refractivity contribution in [1.29, 1.82) is 0 Å². The van der Waals surface area contributed by atoms with Gasteiger partial charge in [0.2, 0.25) is 5.95 Å². The summed E-state index contributed by atoms with van der Waals surface area (Å²) in [5, 5.41) is 10.7. The fourth-order valence-electron chi connectivity index (χ4n) is 3.25. The first-order chi connectivity index (χ1) is 12.6. The smallest absolute Gasteiger partial charge is 0.410 e. The molecule has 2 unspecified atom stereocenters. The molecule has 8 heteroatoms. The van der Waals surface area contributed by atoms with E-state index in [9.17, 15) is 19.1 Å². The fourth-order valence-corrected chi connectivity index (χ4v) is 3.25. The van der Waals surface area contributed by atoms with Crippen LogP contribution in [0, 0.1) is 17.8 Å². The van der Waals surface area contributed by atoms with Gasteiger partial charge in [0.05, 0.1) is 19.1 Å². The predicted molar refractivity (Wildman–Crippen MR) is 95.2 cm³/mol. The van der Waals surface area contributed by atoms with Crippen molar-refractivity contribution in [2.24, 2.45) is 11.8 Å². The maximum absolute atomic E-state index is 13.0. The number of aliphatic hydroxyl groups excluding tert-OH is 1. The van der Waals surface area contributed by atoms with Gasteiger partial charge in [0.1, 0.15) is 5.60 Å². The Morgan fingerprint density at radius 1 is 1.30 bits per heavy atom. The molecule has 2 atom stereocenters. The summed E-state index contributed by atoms with van der Waals surface area (Å²) in [6.07, 6.45) is 0.698. The first-order valence-electron chi connectivity index (χ1n) is 8.97. The van der Waals surface area contributed by atoms with Gasteiger partial charge in [-0.3, -0.25) is 4.79 Å². The van der Waals surface area contributed by atoms with Crippen molar-refractivity contribution in [2.45, 2.75) is 45.3 Å². The molecule has 27 heavy (non-hydrogen) atoms. The van der Waals surface area contributed by atoms with Crippen LogP contribution in [0.5, 0.6) is 0 Å². The second-order valence-electron chi connectivity index (χ2n) is 7.71. The van der Waals surface area contributed by atoms with Crippen LogP contribution in [0.15, 0.2) is 18.3 Å². The summed E-state index contributed by atoms with van der Waals surface area (Å²) in [7, 11) is 1.26. The van der Waals surface area contributed by atoms with Crippen molar-refractivity contribution < 1.29 is 28.6 Å². The van der Waals surface area contributed by atoms with Gasteiger partial charge in [-0.1, -0.05) is 6.07 Å². The van der Waals surface area contributed by atoms with Crippen LogP contribution in [0.2, 0.25) is 0 Å². The Hall–Kier alpha value is -2.22. The van der Waals surface area contributed by atoms with Gasteiger partial charge in [0.25, 0.3) is 0 Å². The Balaban J connectivity index is 2.07. The number of hydrogen-bond donors (Lipinski definition) is 1. The van der Waals surface area contributed by atoms with E-state index in [2.05, 4.69) is 4.98 Å². The van der Waals surface area contributed by atoms with Crippen molar-refractivity contribution in [2.75, 3.05) is 20.2 Å². The summed E-state index contributed by atoms with van der Waals surface area (Å²) in [6.45, 7) is 6.25. The lowest BCUT2D eigenvalue weighted by Gasteiger charge is -2.37. The lowest BCUT2D eigenvalue weighted by Crippen LogP contribution is -2.44. The minimum Gasteiger partial charge on any atom is -0.469 e. The Bertz CT molecular complexity index is 651. The van der Waals surface area contributed by atoms with Gasteiger partial charge in [-0.25, -0.2) is 9.78 Å². The second kappa shape index (κ2) is 8.65. The number of halogens is 1. The summed E-state index contributed by atoms with van der Waals surface area (Å²) in [5.41, 5.74) is -0.227. The number of hydrogen-bond acceptors (Lipinski definition) is 6. The SMILES string of the molecule is COC(=O)C(C1CCN(C(=O)OC(C)(C)C)CC1)C(O)c1ccc(F)nc1. The van der Waals surface area contributed by atoms with Crippen molar-refractivity contribution in [3.63, 3.8) is 0 Å². The molecule has 1 aliphatic heterocycles. The molecular weight excluding hydrogens is 355 g/mol. The van der Waals surface area contributed by atoms with E-state index in [0.29, 0.717) is 31.5 Å². The molecule has 0 aromatic carbocycles. The molecule has 1 N–H and O–H groups in total. The molecule has 0 spiro atoms. The van der Waals surface area contributed by atoms with E-state index in [-0.39, 0.29) is 12.0 Å². The molecule has 2 rings (SSSR count). The van der Waals surface area contributed by atoms with Crippen LogP contribution in [0.25, 0.3) is 0 Å². The maximum Gasteiger partial charge on any atom is 0.410 e. The Kier molecular flexibility index (Phi) is 6.75.